The predicted molar refractivity (Wildman–Crippen MR) is 65.9 cm³/mol. The molecule has 0 bridgehead atoms. The summed E-state index contributed by atoms with van der Waals surface area (Å²) in [6, 6.07) is 6.25. The molecule has 4 heteroatoms. The van der Waals surface area contributed by atoms with Crippen LogP contribution < -0.4 is 11.1 Å². The fraction of sp³-hybridized carbons (Fsp3) is 0.462. The Morgan fingerprint density at radius 2 is 2.06 bits per heavy atom. The molecular formula is C13H19FN2O. The first kappa shape index (κ1) is 13.6. The van der Waals surface area contributed by atoms with Gasteiger partial charge in [-0.05, 0) is 25.5 Å². The fourth-order valence-electron chi connectivity index (χ4n) is 1.95. The van der Waals surface area contributed by atoms with Gasteiger partial charge in [0.05, 0.1) is 0 Å². The van der Waals surface area contributed by atoms with Gasteiger partial charge in [-0.1, -0.05) is 32.0 Å². The van der Waals surface area contributed by atoms with Crippen molar-refractivity contribution >= 4 is 5.91 Å². The van der Waals surface area contributed by atoms with E-state index in [0.717, 1.165) is 6.42 Å². The Balaban J connectivity index is 3.22. The van der Waals surface area contributed by atoms with Crippen LogP contribution in [0.2, 0.25) is 0 Å². The lowest BCUT2D eigenvalue weighted by atomic mass is 9.86. The van der Waals surface area contributed by atoms with Gasteiger partial charge in [0, 0.05) is 5.56 Å². The summed E-state index contributed by atoms with van der Waals surface area (Å²) in [6.45, 7) is 4.42. The second-order valence-corrected chi connectivity index (χ2v) is 4.03. The highest BCUT2D eigenvalue weighted by atomic mass is 19.1. The molecule has 94 valence electrons. The highest BCUT2D eigenvalue weighted by Gasteiger charge is 2.38. The molecule has 0 radical (unpaired) electrons. The lowest BCUT2D eigenvalue weighted by molar-refractivity contribution is -0.125. The molecule has 0 aromatic heterocycles. The number of hydrogen-bond acceptors (Lipinski definition) is 2. The largest absolute Gasteiger partial charge is 0.368 e. The first-order chi connectivity index (χ1) is 8.08. The normalized spacial score (nSPS) is 14.3. The highest BCUT2D eigenvalue weighted by molar-refractivity contribution is 5.86. The maximum Gasteiger partial charge on any atom is 0.242 e. The fourth-order valence-corrected chi connectivity index (χ4v) is 1.95. The molecule has 1 unspecified atom stereocenters. The average Bonchev–Trinajstić information content (AvgIpc) is 2.32. The van der Waals surface area contributed by atoms with Crippen LogP contribution >= 0.6 is 0 Å². The Bertz CT molecular complexity index is 395. The molecule has 0 spiro atoms. The standard InChI is InChI=1S/C13H19FN2O/c1-3-9-16-13(4-2,12(15)17)10-7-5-6-8-11(10)14/h5-8,16H,3-4,9H2,1-2H3,(H2,15,17). The van der Waals surface area contributed by atoms with Crippen LogP contribution in [0.5, 0.6) is 0 Å². The van der Waals surface area contributed by atoms with Crippen LogP contribution in [-0.2, 0) is 10.3 Å². The van der Waals surface area contributed by atoms with Gasteiger partial charge in [-0.2, -0.15) is 0 Å². The summed E-state index contributed by atoms with van der Waals surface area (Å²) in [5, 5.41) is 3.07. The second kappa shape index (κ2) is 5.77. The van der Waals surface area contributed by atoms with Crippen LogP contribution in [0.3, 0.4) is 0 Å². The Kier molecular flexibility index (Phi) is 4.63. The SMILES string of the molecule is CCCNC(CC)(C(N)=O)c1ccccc1F. The number of rotatable bonds is 6. The number of halogens is 1. The van der Waals surface area contributed by atoms with Gasteiger partial charge in [0.2, 0.25) is 5.91 Å². The molecule has 0 fully saturated rings. The Labute approximate surface area is 101 Å². The number of primary amides is 1. The Hall–Kier alpha value is -1.42. The summed E-state index contributed by atoms with van der Waals surface area (Å²) in [7, 11) is 0. The molecule has 0 heterocycles. The zero-order chi connectivity index (χ0) is 12.9. The summed E-state index contributed by atoms with van der Waals surface area (Å²) in [5.41, 5.74) is 4.67. The van der Waals surface area contributed by atoms with Crippen LogP contribution in [0, 0.1) is 5.82 Å². The van der Waals surface area contributed by atoms with Crippen molar-refractivity contribution in [1.29, 1.82) is 0 Å². The predicted octanol–water partition coefficient (Wildman–Crippen LogP) is 1.92. The van der Waals surface area contributed by atoms with Crippen molar-refractivity contribution in [2.45, 2.75) is 32.2 Å². The van der Waals surface area contributed by atoms with E-state index in [1.165, 1.54) is 6.07 Å². The molecule has 17 heavy (non-hydrogen) atoms. The molecule has 0 aliphatic carbocycles. The van der Waals surface area contributed by atoms with E-state index in [0.29, 0.717) is 18.5 Å². The Morgan fingerprint density at radius 1 is 1.41 bits per heavy atom. The van der Waals surface area contributed by atoms with E-state index in [2.05, 4.69) is 5.32 Å². The third-order valence-corrected chi connectivity index (χ3v) is 2.96. The summed E-state index contributed by atoms with van der Waals surface area (Å²) in [5.74, 6) is -0.949. The van der Waals surface area contributed by atoms with Gasteiger partial charge in [-0.25, -0.2) is 4.39 Å². The Morgan fingerprint density at radius 3 is 2.53 bits per heavy atom. The minimum absolute atomic E-state index is 0.323. The van der Waals surface area contributed by atoms with Crippen LogP contribution in [0.1, 0.15) is 32.3 Å². The molecule has 3 N–H and O–H groups in total. The molecule has 1 rings (SSSR count). The minimum Gasteiger partial charge on any atom is -0.368 e. The topological polar surface area (TPSA) is 55.1 Å². The van der Waals surface area contributed by atoms with E-state index in [4.69, 9.17) is 5.73 Å². The van der Waals surface area contributed by atoms with Crippen molar-refractivity contribution in [3.8, 4) is 0 Å². The van der Waals surface area contributed by atoms with E-state index in [9.17, 15) is 9.18 Å². The van der Waals surface area contributed by atoms with E-state index in [1.54, 1.807) is 18.2 Å². The summed E-state index contributed by atoms with van der Waals surface area (Å²) < 4.78 is 13.8. The molecular weight excluding hydrogens is 219 g/mol. The van der Waals surface area contributed by atoms with Crippen molar-refractivity contribution in [2.24, 2.45) is 5.73 Å². The molecule has 1 atom stereocenters. The summed E-state index contributed by atoms with van der Waals surface area (Å²) in [4.78, 5) is 11.7. The van der Waals surface area contributed by atoms with Crippen LogP contribution in [-0.4, -0.2) is 12.5 Å². The third kappa shape index (κ3) is 2.64. The van der Waals surface area contributed by atoms with Crippen LogP contribution in [0.25, 0.3) is 0 Å². The van der Waals surface area contributed by atoms with Crippen molar-refractivity contribution in [3.63, 3.8) is 0 Å². The van der Waals surface area contributed by atoms with Gasteiger partial charge < -0.3 is 5.73 Å². The monoisotopic (exact) mass is 238 g/mol. The van der Waals surface area contributed by atoms with Crippen molar-refractivity contribution in [2.75, 3.05) is 6.54 Å². The number of hydrogen-bond donors (Lipinski definition) is 2. The maximum absolute atomic E-state index is 13.8. The summed E-state index contributed by atoms with van der Waals surface area (Å²) in [6.07, 6.45) is 1.27. The quantitative estimate of drug-likeness (QED) is 0.795. The van der Waals surface area contributed by atoms with E-state index >= 15 is 0 Å². The minimum atomic E-state index is -1.11. The van der Waals surface area contributed by atoms with E-state index in [1.807, 2.05) is 13.8 Å². The number of amides is 1. The molecule has 0 aliphatic rings. The van der Waals surface area contributed by atoms with Gasteiger partial charge >= 0.3 is 0 Å². The van der Waals surface area contributed by atoms with Crippen LogP contribution in [0.15, 0.2) is 24.3 Å². The van der Waals surface area contributed by atoms with Gasteiger partial charge in [-0.15, -0.1) is 0 Å². The van der Waals surface area contributed by atoms with E-state index in [-0.39, 0.29) is 0 Å². The zero-order valence-electron chi connectivity index (χ0n) is 10.3. The zero-order valence-corrected chi connectivity index (χ0v) is 10.3. The molecule has 1 aromatic carbocycles. The van der Waals surface area contributed by atoms with Gasteiger partial charge in [0.15, 0.2) is 0 Å². The molecule has 1 aromatic rings. The van der Waals surface area contributed by atoms with Crippen molar-refractivity contribution in [3.05, 3.63) is 35.6 Å². The van der Waals surface area contributed by atoms with Gasteiger partial charge in [0.1, 0.15) is 11.4 Å². The number of carbonyl (C=O) groups excluding carboxylic acids is 1. The summed E-state index contributed by atoms with van der Waals surface area (Å²) >= 11 is 0. The lowest BCUT2D eigenvalue weighted by Crippen LogP contribution is -2.53. The number of carbonyl (C=O) groups is 1. The highest BCUT2D eigenvalue weighted by Crippen LogP contribution is 2.27. The number of benzene rings is 1. The number of nitrogens with one attached hydrogen (secondary N) is 1. The first-order valence-electron chi connectivity index (χ1n) is 5.88. The molecule has 0 saturated carbocycles. The molecule has 1 amide bonds. The maximum atomic E-state index is 13.8. The third-order valence-electron chi connectivity index (χ3n) is 2.96. The van der Waals surface area contributed by atoms with E-state index < -0.39 is 17.3 Å². The molecule has 0 saturated heterocycles. The van der Waals surface area contributed by atoms with Crippen LogP contribution in [0.4, 0.5) is 4.39 Å². The average molecular weight is 238 g/mol. The van der Waals surface area contributed by atoms with Crippen molar-refractivity contribution in [1.82, 2.24) is 5.32 Å². The molecule has 3 nitrogen and oxygen atoms in total. The van der Waals surface area contributed by atoms with Gasteiger partial charge in [0.25, 0.3) is 0 Å². The lowest BCUT2D eigenvalue weighted by Gasteiger charge is -2.31. The number of nitrogens with two attached hydrogens (primary N) is 1. The first-order valence-corrected chi connectivity index (χ1v) is 5.88. The molecule has 0 aliphatic heterocycles. The van der Waals surface area contributed by atoms with Crippen molar-refractivity contribution < 1.29 is 9.18 Å². The second-order valence-electron chi connectivity index (χ2n) is 4.03. The smallest absolute Gasteiger partial charge is 0.242 e. The van der Waals surface area contributed by atoms with Gasteiger partial charge in [-0.3, -0.25) is 10.1 Å².